The Morgan fingerprint density at radius 3 is 2.33 bits per heavy atom. The summed E-state index contributed by atoms with van der Waals surface area (Å²) >= 11 is 0. The molecule has 3 aromatic carbocycles. The van der Waals surface area contributed by atoms with Gasteiger partial charge in [-0.15, -0.1) is 0 Å². The Kier molecular flexibility index (Phi) is 8.49. The number of aryl methyl sites for hydroxylation is 1. The second kappa shape index (κ2) is 12.0. The van der Waals surface area contributed by atoms with Crippen LogP contribution in [0.4, 0.5) is 0 Å². The molecule has 1 unspecified atom stereocenters. The van der Waals surface area contributed by atoms with Crippen molar-refractivity contribution in [2.24, 2.45) is 0 Å². The highest BCUT2D eigenvalue weighted by molar-refractivity contribution is 5.76. The molecule has 0 fully saturated rings. The highest BCUT2D eigenvalue weighted by Crippen LogP contribution is 2.42. The predicted molar refractivity (Wildman–Crippen MR) is 140 cm³/mol. The maximum Gasteiger partial charge on any atom is 0.220 e. The molecule has 0 aliphatic carbocycles. The fraction of sp³-hybridized carbons (Fsp3) is 0.367. The first-order chi connectivity index (χ1) is 17.6. The van der Waals surface area contributed by atoms with Crippen LogP contribution < -0.4 is 19.5 Å². The average Bonchev–Trinajstić information content (AvgIpc) is 2.94. The van der Waals surface area contributed by atoms with Gasteiger partial charge in [-0.1, -0.05) is 54.6 Å². The standard InChI is InChI=1S/C30H35NO5/c1-33-26-18-22(19-27(34-2)29(26)35-3)14-15-28(32)31-17-9-16-30(24-11-5-4-6-12-24)21-36-20-23-10-7-8-13-25(23)30/h4-8,10-13,18-19H,9,14-17,20-21H2,1-3H3,(H,31,32). The summed E-state index contributed by atoms with van der Waals surface area (Å²) in [6, 6.07) is 22.9. The zero-order valence-corrected chi connectivity index (χ0v) is 21.3. The first kappa shape index (κ1) is 25.6. The second-order valence-electron chi connectivity index (χ2n) is 9.09. The number of hydrogen-bond donors (Lipinski definition) is 1. The Morgan fingerprint density at radius 1 is 0.944 bits per heavy atom. The number of amides is 1. The van der Waals surface area contributed by atoms with E-state index in [4.69, 9.17) is 18.9 Å². The van der Waals surface area contributed by atoms with Crippen LogP contribution >= 0.6 is 0 Å². The van der Waals surface area contributed by atoms with Gasteiger partial charge in [0.05, 0.1) is 34.5 Å². The summed E-state index contributed by atoms with van der Waals surface area (Å²) in [5.74, 6) is 1.76. The second-order valence-corrected chi connectivity index (χ2v) is 9.09. The molecule has 1 heterocycles. The van der Waals surface area contributed by atoms with Gasteiger partial charge in [-0.3, -0.25) is 4.79 Å². The van der Waals surface area contributed by atoms with Crippen LogP contribution in [0.2, 0.25) is 0 Å². The molecular weight excluding hydrogens is 454 g/mol. The summed E-state index contributed by atoms with van der Waals surface area (Å²) in [5.41, 5.74) is 4.57. The van der Waals surface area contributed by atoms with Crippen LogP contribution in [0, 0.1) is 0 Å². The number of nitrogens with one attached hydrogen (secondary N) is 1. The fourth-order valence-electron chi connectivity index (χ4n) is 5.12. The van der Waals surface area contributed by atoms with Crippen LogP contribution in [0.5, 0.6) is 17.2 Å². The van der Waals surface area contributed by atoms with E-state index in [0.29, 0.717) is 49.8 Å². The normalized spacial score (nSPS) is 16.6. The lowest BCUT2D eigenvalue weighted by Crippen LogP contribution is -2.38. The molecule has 1 N–H and O–H groups in total. The largest absolute Gasteiger partial charge is 0.493 e. The van der Waals surface area contributed by atoms with E-state index in [1.54, 1.807) is 21.3 Å². The van der Waals surface area contributed by atoms with Gasteiger partial charge in [0.15, 0.2) is 11.5 Å². The third kappa shape index (κ3) is 5.49. The maximum atomic E-state index is 12.6. The number of fused-ring (bicyclic) bond motifs is 1. The molecule has 0 saturated carbocycles. The van der Waals surface area contributed by atoms with Crippen molar-refractivity contribution in [1.29, 1.82) is 0 Å². The summed E-state index contributed by atoms with van der Waals surface area (Å²) < 4.78 is 22.3. The predicted octanol–water partition coefficient (Wildman–Crippen LogP) is 5.06. The Labute approximate surface area is 213 Å². The van der Waals surface area contributed by atoms with Crippen LogP contribution in [-0.2, 0) is 28.0 Å². The molecule has 190 valence electrons. The van der Waals surface area contributed by atoms with Crippen molar-refractivity contribution in [3.63, 3.8) is 0 Å². The van der Waals surface area contributed by atoms with E-state index in [2.05, 4.69) is 53.8 Å². The number of methoxy groups -OCH3 is 3. The summed E-state index contributed by atoms with van der Waals surface area (Å²) in [5, 5.41) is 3.10. The minimum absolute atomic E-state index is 0.0257. The third-order valence-electron chi connectivity index (χ3n) is 6.93. The minimum atomic E-state index is -0.211. The van der Waals surface area contributed by atoms with Crippen LogP contribution in [-0.4, -0.2) is 40.4 Å². The van der Waals surface area contributed by atoms with Crippen LogP contribution in [0.3, 0.4) is 0 Å². The molecule has 0 aromatic heterocycles. The van der Waals surface area contributed by atoms with Gasteiger partial charge in [-0.05, 0) is 53.6 Å². The lowest BCUT2D eigenvalue weighted by molar-refractivity contribution is -0.121. The minimum Gasteiger partial charge on any atom is -0.493 e. The summed E-state index contributed by atoms with van der Waals surface area (Å²) in [7, 11) is 4.75. The molecule has 0 spiro atoms. The molecule has 6 nitrogen and oxygen atoms in total. The number of ether oxygens (including phenoxy) is 4. The van der Waals surface area contributed by atoms with Crippen LogP contribution in [0.15, 0.2) is 66.7 Å². The highest BCUT2D eigenvalue weighted by atomic mass is 16.5. The Morgan fingerprint density at radius 2 is 1.64 bits per heavy atom. The Bertz CT molecular complexity index is 1140. The van der Waals surface area contributed by atoms with E-state index in [9.17, 15) is 4.79 Å². The van der Waals surface area contributed by atoms with E-state index < -0.39 is 0 Å². The fourth-order valence-corrected chi connectivity index (χ4v) is 5.12. The molecule has 4 rings (SSSR count). The Hall–Kier alpha value is -3.51. The van der Waals surface area contributed by atoms with Crippen molar-refractivity contribution in [2.45, 2.75) is 37.7 Å². The zero-order chi connectivity index (χ0) is 25.4. The van der Waals surface area contributed by atoms with E-state index in [0.717, 1.165) is 18.4 Å². The zero-order valence-electron chi connectivity index (χ0n) is 21.3. The molecule has 3 aromatic rings. The quantitative estimate of drug-likeness (QED) is 0.382. The van der Waals surface area contributed by atoms with Gasteiger partial charge in [-0.25, -0.2) is 0 Å². The van der Waals surface area contributed by atoms with Crippen LogP contribution in [0.25, 0.3) is 0 Å². The molecule has 1 aliphatic rings. The number of carbonyl (C=O) groups is 1. The molecule has 1 aliphatic heterocycles. The monoisotopic (exact) mass is 489 g/mol. The molecule has 1 amide bonds. The lowest BCUT2D eigenvalue weighted by Gasteiger charge is -2.40. The van der Waals surface area contributed by atoms with E-state index in [1.807, 2.05) is 18.2 Å². The number of rotatable bonds is 11. The van der Waals surface area contributed by atoms with Crippen molar-refractivity contribution in [3.05, 3.63) is 89.0 Å². The molecule has 0 saturated heterocycles. The summed E-state index contributed by atoms with van der Waals surface area (Å²) in [4.78, 5) is 12.6. The molecule has 0 radical (unpaired) electrons. The summed E-state index contributed by atoms with van der Waals surface area (Å²) in [6.45, 7) is 1.90. The van der Waals surface area contributed by atoms with Gasteiger partial charge in [0.25, 0.3) is 0 Å². The molecule has 1 atom stereocenters. The number of benzene rings is 3. The van der Waals surface area contributed by atoms with Gasteiger partial charge in [0.1, 0.15) is 0 Å². The van der Waals surface area contributed by atoms with E-state index in [-0.39, 0.29) is 11.3 Å². The van der Waals surface area contributed by atoms with Gasteiger partial charge >= 0.3 is 0 Å². The molecular formula is C30H35NO5. The van der Waals surface area contributed by atoms with Crippen molar-refractivity contribution in [3.8, 4) is 17.2 Å². The summed E-state index contributed by atoms with van der Waals surface area (Å²) in [6.07, 6.45) is 2.70. The number of hydrogen-bond acceptors (Lipinski definition) is 5. The first-order valence-corrected chi connectivity index (χ1v) is 12.4. The van der Waals surface area contributed by atoms with E-state index >= 15 is 0 Å². The van der Waals surface area contributed by atoms with Crippen molar-refractivity contribution >= 4 is 5.91 Å². The number of carbonyl (C=O) groups excluding carboxylic acids is 1. The van der Waals surface area contributed by atoms with Crippen LogP contribution in [0.1, 0.15) is 41.5 Å². The molecule has 6 heteroatoms. The van der Waals surface area contributed by atoms with Gasteiger partial charge < -0.3 is 24.3 Å². The lowest BCUT2D eigenvalue weighted by atomic mass is 9.69. The van der Waals surface area contributed by atoms with Crippen molar-refractivity contribution < 1.29 is 23.7 Å². The average molecular weight is 490 g/mol. The third-order valence-corrected chi connectivity index (χ3v) is 6.93. The smallest absolute Gasteiger partial charge is 0.220 e. The van der Waals surface area contributed by atoms with Gasteiger partial charge in [0.2, 0.25) is 11.7 Å². The Balaban J connectivity index is 1.36. The maximum absolute atomic E-state index is 12.6. The highest BCUT2D eigenvalue weighted by Gasteiger charge is 2.38. The van der Waals surface area contributed by atoms with E-state index in [1.165, 1.54) is 16.7 Å². The SMILES string of the molecule is COc1cc(CCC(=O)NCCCC2(c3ccccc3)COCc3ccccc32)cc(OC)c1OC. The molecule has 0 bridgehead atoms. The van der Waals surface area contributed by atoms with Crippen molar-refractivity contribution in [1.82, 2.24) is 5.32 Å². The van der Waals surface area contributed by atoms with Crippen molar-refractivity contribution in [2.75, 3.05) is 34.5 Å². The van der Waals surface area contributed by atoms with Gasteiger partial charge in [0, 0.05) is 18.4 Å². The van der Waals surface area contributed by atoms with Gasteiger partial charge in [-0.2, -0.15) is 0 Å². The first-order valence-electron chi connectivity index (χ1n) is 12.4. The topological polar surface area (TPSA) is 66.0 Å². The molecule has 36 heavy (non-hydrogen) atoms.